The third kappa shape index (κ3) is 4.20. The first-order chi connectivity index (χ1) is 8.60. The highest BCUT2D eigenvalue weighted by molar-refractivity contribution is 5.40. The van der Waals surface area contributed by atoms with Gasteiger partial charge in [-0.3, -0.25) is 4.90 Å². The summed E-state index contributed by atoms with van der Waals surface area (Å²) >= 11 is 0. The van der Waals surface area contributed by atoms with Crippen molar-refractivity contribution in [2.24, 2.45) is 0 Å². The van der Waals surface area contributed by atoms with Gasteiger partial charge < -0.3 is 14.6 Å². The average Bonchev–Trinajstić information content (AvgIpc) is 2.38. The van der Waals surface area contributed by atoms with Crippen molar-refractivity contribution in [3.05, 3.63) is 23.8 Å². The molecule has 0 radical (unpaired) electrons. The standard InChI is InChI=1S/C14H23NO3/c1-5-12(16)10-15(2)9-11-8-13(17-3)6-7-14(11)18-4/h6-8,12,16H,5,9-10H2,1-4H3. The summed E-state index contributed by atoms with van der Waals surface area (Å²) in [5.41, 5.74) is 1.06. The summed E-state index contributed by atoms with van der Waals surface area (Å²) in [6, 6.07) is 5.75. The maximum Gasteiger partial charge on any atom is 0.123 e. The van der Waals surface area contributed by atoms with Crippen molar-refractivity contribution in [1.82, 2.24) is 4.90 Å². The molecule has 1 unspecified atom stereocenters. The Balaban J connectivity index is 2.75. The first-order valence-corrected chi connectivity index (χ1v) is 6.18. The van der Waals surface area contributed by atoms with Crippen LogP contribution in [0.3, 0.4) is 0 Å². The topological polar surface area (TPSA) is 41.9 Å². The third-order valence-electron chi connectivity index (χ3n) is 2.92. The Bertz CT molecular complexity index is 368. The van der Waals surface area contributed by atoms with Crippen molar-refractivity contribution in [3.8, 4) is 11.5 Å². The number of hydrogen-bond donors (Lipinski definition) is 1. The summed E-state index contributed by atoms with van der Waals surface area (Å²) in [6.07, 6.45) is 0.478. The van der Waals surface area contributed by atoms with Gasteiger partial charge in [-0.05, 0) is 31.7 Å². The zero-order valence-corrected chi connectivity index (χ0v) is 11.6. The maximum absolute atomic E-state index is 9.64. The molecule has 4 nitrogen and oxygen atoms in total. The van der Waals surface area contributed by atoms with Crippen molar-refractivity contribution in [1.29, 1.82) is 0 Å². The molecule has 0 aliphatic carbocycles. The van der Waals surface area contributed by atoms with Crippen LogP contribution in [0.25, 0.3) is 0 Å². The molecule has 1 N–H and O–H groups in total. The molecule has 0 aromatic heterocycles. The Morgan fingerprint density at radius 2 is 2.00 bits per heavy atom. The Kier molecular flexibility index (Phi) is 5.95. The average molecular weight is 253 g/mol. The Hall–Kier alpha value is -1.26. The van der Waals surface area contributed by atoms with E-state index >= 15 is 0 Å². The minimum Gasteiger partial charge on any atom is -0.497 e. The van der Waals surface area contributed by atoms with Crippen LogP contribution in [0.2, 0.25) is 0 Å². The van der Waals surface area contributed by atoms with E-state index in [9.17, 15) is 5.11 Å². The minimum absolute atomic E-state index is 0.286. The predicted octanol–water partition coefficient (Wildman–Crippen LogP) is 1.91. The molecule has 0 amide bonds. The summed E-state index contributed by atoms with van der Waals surface area (Å²) in [5.74, 6) is 1.66. The number of methoxy groups -OCH3 is 2. The molecule has 0 bridgehead atoms. The van der Waals surface area contributed by atoms with Gasteiger partial charge in [-0.25, -0.2) is 0 Å². The van der Waals surface area contributed by atoms with Crippen molar-refractivity contribution in [2.75, 3.05) is 27.8 Å². The molecule has 1 aromatic carbocycles. The first-order valence-electron chi connectivity index (χ1n) is 6.18. The van der Waals surface area contributed by atoms with Gasteiger partial charge in [0.2, 0.25) is 0 Å². The van der Waals surface area contributed by atoms with Crippen molar-refractivity contribution in [3.63, 3.8) is 0 Å². The summed E-state index contributed by atoms with van der Waals surface area (Å²) in [4.78, 5) is 2.07. The maximum atomic E-state index is 9.64. The van der Waals surface area contributed by atoms with E-state index in [1.54, 1.807) is 14.2 Å². The third-order valence-corrected chi connectivity index (χ3v) is 2.92. The fourth-order valence-corrected chi connectivity index (χ4v) is 1.85. The second-order valence-corrected chi connectivity index (χ2v) is 4.44. The van der Waals surface area contributed by atoms with E-state index in [4.69, 9.17) is 9.47 Å². The van der Waals surface area contributed by atoms with Crippen molar-refractivity contribution < 1.29 is 14.6 Å². The molecular formula is C14H23NO3. The van der Waals surface area contributed by atoms with Crippen LogP contribution in [0.5, 0.6) is 11.5 Å². The minimum atomic E-state index is -0.286. The molecule has 0 saturated heterocycles. The van der Waals surface area contributed by atoms with Crippen LogP contribution in [0.4, 0.5) is 0 Å². The molecule has 4 heteroatoms. The normalized spacial score (nSPS) is 12.6. The summed E-state index contributed by atoms with van der Waals surface area (Å²) in [7, 11) is 5.29. The number of hydrogen-bond acceptors (Lipinski definition) is 4. The molecule has 1 aromatic rings. The van der Waals surface area contributed by atoms with E-state index in [-0.39, 0.29) is 6.10 Å². The van der Waals surface area contributed by atoms with E-state index in [0.717, 1.165) is 30.0 Å². The molecule has 0 fully saturated rings. The zero-order chi connectivity index (χ0) is 13.5. The predicted molar refractivity (Wildman–Crippen MR) is 72.2 cm³/mol. The number of aliphatic hydroxyl groups excluding tert-OH is 1. The fraction of sp³-hybridized carbons (Fsp3) is 0.571. The summed E-state index contributed by atoms with van der Waals surface area (Å²) < 4.78 is 10.5. The van der Waals surface area contributed by atoms with Gasteiger partial charge in [0.15, 0.2) is 0 Å². The highest BCUT2D eigenvalue weighted by Gasteiger charge is 2.10. The highest BCUT2D eigenvalue weighted by Crippen LogP contribution is 2.25. The van der Waals surface area contributed by atoms with Crippen molar-refractivity contribution >= 4 is 0 Å². The Morgan fingerprint density at radius 3 is 2.56 bits per heavy atom. The van der Waals surface area contributed by atoms with Gasteiger partial charge in [0.25, 0.3) is 0 Å². The molecule has 0 spiro atoms. The number of benzene rings is 1. The second kappa shape index (κ2) is 7.24. The Morgan fingerprint density at radius 1 is 1.28 bits per heavy atom. The van der Waals surface area contributed by atoms with E-state index in [1.165, 1.54) is 0 Å². The summed E-state index contributed by atoms with van der Waals surface area (Å²) in [6.45, 7) is 3.35. The van der Waals surface area contributed by atoms with Gasteiger partial charge in [-0.15, -0.1) is 0 Å². The van der Waals surface area contributed by atoms with E-state index < -0.39 is 0 Å². The number of aliphatic hydroxyl groups is 1. The molecule has 0 saturated carbocycles. The molecule has 0 aliphatic heterocycles. The SMILES string of the molecule is CCC(O)CN(C)Cc1cc(OC)ccc1OC. The van der Waals surface area contributed by atoms with E-state index in [2.05, 4.69) is 4.90 Å². The number of ether oxygens (including phenoxy) is 2. The van der Waals surface area contributed by atoms with Crippen LogP contribution in [0.1, 0.15) is 18.9 Å². The smallest absolute Gasteiger partial charge is 0.123 e. The number of likely N-dealkylation sites (N-methyl/N-ethyl adjacent to an activating group) is 1. The quantitative estimate of drug-likeness (QED) is 0.806. The number of rotatable bonds is 7. The van der Waals surface area contributed by atoms with Crippen LogP contribution in [-0.2, 0) is 6.54 Å². The lowest BCUT2D eigenvalue weighted by molar-refractivity contribution is 0.119. The molecule has 0 aliphatic rings. The van der Waals surface area contributed by atoms with Crippen molar-refractivity contribution in [2.45, 2.75) is 26.0 Å². The molecule has 102 valence electrons. The largest absolute Gasteiger partial charge is 0.497 e. The lowest BCUT2D eigenvalue weighted by Gasteiger charge is -2.21. The van der Waals surface area contributed by atoms with Crippen LogP contribution in [0.15, 0.2) is 18.2 Å². The van der Waals surface area contributed by atoms with Gasteiger partial charge in [0, 0.05) is 18.7 Å². The van der Waals surface area contributed by atoms with Crippen LogP contribution >= 0.6 is 0 Å². The lowest BCUT2D eigenvalue weighted by atomic mass is 10.1. The van der Waals surface area contributed by atoms with Gasteiger partial charge in [0.1, 0.15) is 11.5 Å². The van der Waals surface area contributed by atoms with Gasteiger partial charge in [-0.2, -0.15) is 0 Å². The molecule has 1 atom stereocenters. The highest BCUT2D eigenvalue weighted by atomic mass is 16.5. The van der Waals surface area contributed by atoms with Crippen LogP contribution in [-0.4, -0.2) is 43.9 Å². The van der Waals surface area contributed by atoms with E-state index in [1.807, 2.05) is 32.2 Å². The fourth-order valence-electron chi connectivity index (χ4n) is 1.85. The van der Waals surface area contributed by atoms with Gasteiger partial charge in [0.05, 0.1) is 20.3 Å². The van der Waals surface area contributed by atoms with E-state index in [0.29, 0.717) is 6.54 Å². The molecule has 18 heavy (non-hydrogen) atoms. The number of nitrogens with zero attached hydrogens (tertiary/aromatic N) is 1. The molecule has 0 heterocycles. The second-order valence-electron chi connectivity index (χ2n) is 4.44. The first kappa shape index (κ1) is 14.8. The molecule has 1 rings (SSSR count). The monoisotopic (exact) mass is 253 g/mol. The summed E-state index contributed by atoms with van der Waals surface area (Å²) in [5, 5.41) is 9.64. The van der Waals surface area contributed by atoms with Gasteiger partial charge >= 0.3 is 0 Å². The Labute approximate surface area is 109 Å². The van der Waals surface area contributed by atoms with Gasteiger partial charge in [-0.1, -0.05) is 6.92 Å². The zero-order valence-electron chi connectivity index (χ0n) is 11.6. The van der Waals surface area contributed by atoms with Crippen LogP contribution < -0.4 is 9.47 Å². The van der Waals surface area contributed by atoms with Crippen LogP contribution in [0, 0.1) is 0 Å². The lowest BCUT2D eigenvalue weighted by Crippen LogP contribution is -2.28. The molecular weight excluding hydrogens is 230 g/mol.